The summed E-state index contributed by atoms with van der Waals surface area (Å²) in [6, 6.07) is 9.16. The zero-order chi connectivity index (χ0) is 27.9. The minimum absolute atomic E-state index is 0.203. The van der Waals surface area contributed by atoms with Crippen molar-refractivity contribution in [2.45, 2.75) is 38.8 Å². The van der Waals surface area contributed by atoms with Crippen LogP contribution in [0.3, 0.4) is 0 Å². The van der Waals surface area contributed by atoms with E-state index in [1.54, 1.807) is 27.9 Å². The number of benzene rings is 1. The summed E-state index contributed by atoms with van der Waals surface area (Å²) in [4.78, 5) is 29.7. The fourth-order valence-electron chi connectivity index (χ4n) is 4.87. The maximum absolute atomic E-state index is 12.9. The van der Waals surface area contributed by atoms with Crippen LogP contribution in [0.25, 0.3) is 27.8 Å². The van der Waals surface area contributed by atoms with Crippen molar-refractivity contribution in [1.82, 2.24) is 24.4 Å². The number of rotatable bonds is 5. The van der Waals surface area contributed by atoms with Gasteiger partial charge in [0.15, 0.2) is 5.65 Å². The molecule has 1 atom stereocenters. The highest BCUT2D eigenvalue weighted by Gasteiger charge is 2.36. The van der Waals surface area contributed by atoms with Crippen LogP contribution in [0.1, 0.15) is 20.8 Å². The molecule has 0 spiro atoms. The van der Waals surface area contributed by atoms with Gasteiger partial charge in [0.25, 0.3) is 5.91 Å². The van der Waals surface area contributed by atoms with Crippen LogP contribution >= 0.6 is 0 Å². The van der Waals surface area contributed by atoms with Gasteiger partial charge in [0.05, 0.1) is 11.1 Å². The molecule has 39 heavy (non-hydrogen) atoms. The second kappa shape index (κ2) is 9.84. The fourth-order valence-corrected chi connectivity index (χ4v) is 4.87. The molecule has 12 heteroatoms. The summed E-state index contributed by atoms with van der Waals surface area (Å²) in [5, 5.41) is 10.9. The molecule has 0 radical (unpaired) electrons. The fraction of sp³-hybridized carbons (Fsp3) is 0.333. The third kappa shape index (κ3) is 5.37. The van der Waals surface area contributed by atoms with E-state index >= 15 is 0 Å². The van der Waals surface area contributed by atoms with Crippen molar-refractivity contribution in [2.75, 3.05) is 24.5 Å². The van der Waals surface area contributed by atoms with Gasteiger partial charge in [-0.05, 0) is 50.6 Å². The lowest BCUT2D eigenvalue weighted by Gasteiger charge is -2.42. The Balaban J connectivity index is 1.60. The summed E-state index contributed by atoms with van der Waals surface area (Å²) in [5.41, 5.74) is 1.05. The minimum Gasteiger partial charge on any atom is -0.406 e. The van der Waals surface area contributed by atoms with Gasteiger partial charge in [-0.25, -0.2) is 9.97 Å². The molecule has 1 saturated heterocycles. The molecular weight excluding hydrogens is 513 g/mol. The average molecular weight is 541 g/mol. The first-order valence-corrected chi connectivity index (χ1v) is 12.3. The molecular formula is C27H27F3N6O3. The van der Waals surface area contributed by atoms with Crippen LogP contribution < -0.4 is 9.64 Å². The highest BCUT2D eigenvalue weighted by Crippen LogP contribution is 2.38. The number of pyridine rings is 1. The van der Waals surface area contributed by atoms with Crippen molar-refractivity contribution >= 4 is 22.8 Å². The Labute approximate surface area is 222 Å². The Hall–Kier alpha value is -4.19. The largest absolute Gasteiger partial charge is 0.573 e. The molecule has 0 aliphatic carbocycles. The van der Waals surface area contributed by atoms with Gasteiger partial charge in [0.1, 0.15) is 23.5 Å². The van der Waals surface area contributed by atoms with Gasteiger partial charge in [-0.1, -0.05) is 6.07 Å². The maximum atomic E-state index is 12.9. The van der Waals surface area contributed by atoms with E-state index in [2.05, 4.69) is 24.6 Å². The topological polar surface area (TPSA) is 96.6 Å². The Morgan fingerprint density at radius 2 is 1.85 bits per heavy atom. The molecule has 9 nitrogen and oxygen atoms in total. The van der Waals surface area contributed by atoms with Crippen LogP contribution in [0.5, 0.6) is 5.75 Å². The molecule has 1 N–H and O–H groups in total. The predicted molar refractivity (Wildman–Crippen MR) is 138 cm³/mol. The van der Waals surface area contributed by atoms with Crippen molar-refractivity contribution in [1.29, 1.82) is 0 Å². The number of nitrogens with zero attached hydrogens (tertiary/aromatic N) is 6. The first kappa shape index (κ1) is 26.4. The lowest BCUT2D eigenvalue weighted by Crippen LogP contribution is -2.58. The number of hydrogen-bond donors (Lipinski definition) is 1. The number of piperazine rings is 1. The average Bonchev–Trinajstić information content (AvgIpc) is 3.27. The first-order valence-electron chi connectivity index (χ1n) is 12.3. The number of halogens is 3. The minimum atomic E-state index is -4.82. The molecule has 1 aromatic carbocycles. The van der Waals surface area contributed by atoms with E-state index in [1.165, 1.54) is 38.4 Å². The van der Waals surface area contributed by atoms with Gasteiger partial charge in [0.2, 0.25) is 0 Å². The predicted octanol–water partition coefficient (Wildman–Crippen LogP) is 4.19. The van der Waals surface area contributed by atoms with Crippen molar-refractivity contribution in [3.63, 3.8) is 0 Å². The van der Waals surface area contributed by atoms with Gasteiger partial charge in [0, 0.05) is 55.9 Å². The number of carbonyl (C=O) groups is 1. The maximum Gasteiger partial charge on any atom is 0.573 e. The summed E-state index contributed by atoms with van der Waals surface area (Å²) < 4.78 is 44.5. The molecule has 1 unspecified atom stereocenters. The second-order valence-corrected chi connectivity index (χ2v) is 9.94. The molecule has 3 aromatic heterocycles. The molecule has 4 aromatic rings. The van der Waals surface area contributed by atoms with Gasteiger partial charge < -0.3 is 24.2 Å². The molecule has 0 bridgehead atoms. The number of aromatic nitrogens is 4. The van der Waals surface area contributed by atoms with Crippen LogP contribution in [0.4, 0.5) is 19.0 Å². The summed E-state index contributed by atoms with van der Waals surface area (Å²) in [6.45, 7) is 6.17. The lowest BCUT2D eigenvalue weighted by molar-refractivity contribution is -0.274. The number of carbonyl (C=O) groups excluding carboxylic acids is 1. The molecule has 4 heterocycles. The number of ether oxygens (including phenoxy) is 1. The number of amides is 1. The van der Waals surface area contributed by atoms with Crippen molar-refractivity contribution in [3.8, 4) is 22.6 Å². The van der Waals surface area contributed by atoms with E-state index in [0.717, 1.165) is 11.1 Å². The molecule has 1 aliphatic rings. The number of fused-ring (bicyclic) bond motifs is 1. The van der Waals surface area contributed by atoms with Crippen LogP contribution in [0.2, 0.25) is 0 Å². The monoisotopic (exact) mass is 540 g/mol. The second-order valence-electron chi connectivity index (χ2n) is 9.94. The van der Waals surface area contributed by atoms with E-state index in [1.807, 2.05) is 25.3 Å². The van der Waals surface area contributed by atoms with Crippen molar-refractivity contribution in [3.05, 3.63) is 61.3 Å². The van der Waals surface area contributed by atoms with E-state index in [0.29, 0.717) is 42.2 Å². The third-order valence-corrected chi connectivity index (χ3v) is 6.59. The van der Waals surface area contributed by atoms with Crippen LogP contribution in [-0.4, -0.2) is 73.1 Å². The van der Waals surface area contributed by atoms with Gasteiger partial charge in [-0.3, -0.25) is 9.78 Å². The number of aliphatic hydroxyl groups is 1. The Morgan fingerprint density at radius 1 is 1.10 bits per heavy atom. The van der Waals surface area contributed by atoms with E-state index < -0.39 is 12.0 Å². The molecule has 1 amide bonds. The summed E-state index contributed by atoms with van der Waals surface area (Å²) in [7, 11) is 0. The highest BCUT2D eigenvalue weighted by molar-refractivity contribution is 6.02. The summed E-state index contributed by atoms with van der Waals surface area (Å²) in [5.74, 6) is -0.0504. The molecule has 1 fully saturated rings. The zero-order valence-electron chi connectivity index (χ0n) is 21.6. The molecule has 5 rings (SSSR count). The zero-order valence-corrected chi connectivity index (χ0v) is 21.6. The molecule has 204 valence electrons. The van der Waals surface area contributed by atoms with E-state index in [9.17, 15) is 23.1 Å². The number of alkyl halides is 3. The van der Waals surface area contributed by atoms with Gasteiger partial charge in [-0.2, -0.15) is 0 Å². The quantitative estimate of drug-likeness (QED) is 0.406. The van der Waals surface area contributed by atoms with Crippen LogP contribution in [0, 0.1) is 0 Å². The normalized spacial score (nSPS) is 16.5. The smallest absolute Gasteiger partial charge is 0.406 e. The number of hydrogen-bond acceptors (Lipinski definition) is 7. The van der Waals surface area contributed by atoms with E-state index in [-0.39, 0.29) is 17.7 Å². The van der Waals surface area contributed by atoms with Crippen LogP contribution in [-0.2, 0) is 4.79 Å². The Kier molecular flexibility index (Phi) is 6.67. The Bertz CT molecular complexity index is 1500. The molecule has 1 aliphatic heterocycles. The van der Waals surface area contributed by atoms with Gasteiger partial charge in [-0.15, -0.1) is 13.2 Å². The Morgan fingerprint density at radius 3 is 2.51 bits per heavy atom. The molecule has 0 saturated carbocycles. The van der Waals surface area contributed by atoms with Crippen molar-refractivity contribution < 1.29 is 27.8 Å². The first-order chi connectivity index (χ1) is 18.4. The highest BCUT2D eigenvalue weighted by atomic mass is 19.4. The van der Waals surface area contributed by atoms with E-state index in [4.69, 9.17) is 0 Å². The van der Waals surface area contributed by atoms with Gasteiger partial charge >= 0.3 is 6.36 Å². The SMILES string of the molecule is CC1CN(c2ncnc3c2c(-c2ccncc2)cn3-c2cccc(OC(F)(F)F)c2)CCN1C(=O)C(C)(C)O. The lowest BCUT2D eigenvalue weighted by atomic mass is 10.0. The third-order valence-electron chi connectivity index (χ3n) is 6.59. The number of anilines is 1. The summed E-state index contributed by atoms with van der Waals surface area (Å²) in [6.07, 6.45) is 1.72. The summed E-state index contributed by atoms with van der Waals surface area (Å²) >= 11 is 0. The van der Waals surface area contributed by atoms with Crippen molar-refractivity contribution in [2.24, 2.45) is 0 Å². The van der Waals surface area contributed by atoms with Crippen LogP contribution in [0.15, 0.2) is 61.3 Å². The standard InChI is InChI=1S/C27H27F3N6O3/c1-17-14-34(11-12-35(17)25(37)26(2,3)38)23-22-21(18-7-9-31-10-8-18)15-36(24(22)33-16-32-23)19-5-4-6-20(13-19)39-27(28,29)30/h4-10,13,15-17,38H,11-12,14H2,1-3H3.